The van der Waals surface area contributed by atoms with Crippen molar-refractivity contribution in [3.63, 3.8) is 0 Å². The molecule has 6 heteroatoms. The molecule has 29 heavy (non-hydrogen) atoms. The molecule has 0 saturated carbocycles. The summed E-state index contributed by atoms with van der Waals surface area (Å²) in [5.74, 6) is 0.420. The van der Waals surface area contributed by atoms with Crippen LogP contribution in [-0.4, -0.2) is 54.0 Å². The number of rotatable bonds is 7. The van der Waals surface area contributed by atoms with Gasteiger partial charge >= 0.3 is 0 Å². The molecule has 1 amide bonds. The van der Waals surface area contributed by atoms with Gasteiger partial charge in [0.1, 0.15) is 0 Å². The quantitative estimate of drug-likeness (QED) is 0.599. The maximum Gasteiger partial charge on any atom is 0.234 e. The lowest BCUT2D eigenvalue weighted by Crippen LogP contribution is -2.38. The lowest BCUT2D eigenvalue weighted by molar-refractivity contribution is -0.113. The Kier molecular flexibility index (Phi) is 6.54. The third kappa shape index (κ3) is 5.41. The predicted molar refractivity (Wildman–Crippen MR) is 120 cm³/mol. The molecular formula is C23H27N3O2S. The van der Waals surface area contributed by atoms with Crippen LogP contribution in [0.1, 0.15) is 5.56 Å². The number of hydrogen-bond acceptors (Lipinski definition) is 4. The molecule has 152 valence electrons. The third-order valence-corrected chi connectivity index (χ3v) is 6.22. The SMILES string of the molecule is Cc1ccc(SCC(=O)Nc2ccc3c(ccn3CCN3CCOCC3)c2)cc1. The largest absolute Gasteiger partial charge is 0.379 e. The summed E-state index contributed by atoms with van der Waals surface area (Å²) in [5, 5.41) is 4.17. The second-order valence-electron chi connectivity index (χ2n) is 7.39. The smallest absolute Gasteiger partial charge is 0.234 e. The summed E-state index contributed by atoms with van der Waals surface area (Å²) in [5.41, 5.74) is 3.27. The third-order valence-electron chi connectivity index (χ3n) is 5.21. The van der Waals surface area contributed by atoms with Gasteiger partial charge in [-0.05, 0) is 43.3 Å². The molecule has 5 nitrogen and oxygen atoms in total. The highest BCUT2D eigenvalue weighted by Gasteiger charge is 2.11. The Morgan fingerprint density at radius 3 is 2.66 bits per heavy atom. The van der Waals surface area contributed by atoms with Gasteiger partial charge in [0.05, 0.1) is 19.0 Å². The fourth-order valence-corrected chi connectivity index (χ4v) is 4.23. The van der Waals surface area contributed by atoms with Gasteiger partial charge in [0.2, 0.25) is 5.91 Å². The number of carbonyl (C=O) groups excluding carboxylic acids is 1. The van der Waals surface area contributed by atoms with Crippen LogP contribution in [0, 0.1) is 6.92 Å². The molecule has 0 unspecified atom stereocenters. The van der Waals surface area contributed by atoms with E-state index in [9.17, 15) is 4.79 Å². The molecule has 1 aliphatic rings. The van der Waals surface area contributed by atoms with Crippen LogP contribution in [0.2, 0.25) is 0 Å². The van der Waals surface area contributed by atoms with E-state index >= 15 is 0 Å². The van der Waals surface area contributed by atoms with Crippen LogP contribution in [0.4, 0.5) is 5.69 Å². The zero-order valence-electron chi connectivity index (χ0n) is 16.8. The van der Waals surface area contributed by atoms with Crippen molar-refractivity contribution in [1.82, 2.24) is 9.47 Å². The van der Waals surface area contributed by atoms with Crippen LogP contribution >= 0.6 is 11.8 Å². The van der Waals surface area contributed by atoms with Crippen molar-refractivity contribution < 1.29 is 9.53 Å². The number of benzene rings is 2. The Balaban J connectivity index is 1.32. The maximum absolute atomic E-state index is 12.3. The van der Waals surface area contributed by atoms with Crippen molar-refractivity contribution in [1.29, 1.82) is 0 Å². The highest BCUT2D eigenvalue weighted by molar-refractivity contribution is 8.00. The zero-order valence-corrected chi connectivity index (χ0v) is 17.6. The van der Waals surface area contributed by atoms with Crippen molar-refractivity contribution in [3.8, 4) is 0 Å². The number of fused-ring (bicyclic) bond motifs is 1. The Morgan fingerprint density at radius 1 is 1.07 bits per heavy atom. The van der Waals surface area contributed by atoms with Crippen LogP contribution in [-0.2, 0) is 16.1 Å². The molecule has 1 aliphatic heterocycles. The minimum atomic E-state index is 0.0154. The first kappa shape index (κ1) is 20.0. The molecule has 3 aromatic rings. The lowest BCUT2D eigenvalue weighted by atomic mass is 10.2. The molecule has 1 aromatic heterocycles. The number of anilines is 1. The number of aryl methyl sites for hydroxylation is 1. The number of ether oxygens (including phenoxy) is 1. The minimum absolute atomic E-state index is 0.0154. The first-order valence-corrected chi connectivity index (χ1v) is 11.0. The molecule has 1 fully saturated rings. The van der Waals surface area contributed by atoms with Crippen LogP contribution in [0.3, 0.4) is 0 Å². The highest BCUT2D eigenvalue weighted by Crippen LogP contribution is 2.22. The molecule has 0 radical (unpaired) electrons. The lowest BCUT2D eigenvalue weighted by Gasteiger charge is -2.26. The minimum Gasteiger partial charge on any atom is -0.379 e. The van der Waals surface area contributed by atoms with Gasteiger partial charge in [-0.1, -0.05) is 17.7 Å². The molecule has 0 bridgehead atoms. The van der Waals surface area contributed by atoms with E-state index in [4.69, 9.17) is 4.74 Å². The Hall–Kier alpha value is -2.28. The topological polar surface area (TPSA) is 46.5 Å². The van der Waals surface area contributed by atoms with Crippen LogP contribution in [0.5, 0.6) is 0 Å². The summed E-state index contributed by atoms with van der Waals surface area (Å²) >= 11 is 1.55. The van der Waals surface area contributed by atoms with Gasteiger partial charge in [-0.2, -0.15) is 0 Å². The normalized spacial score (nSPS) is 14.9. The van der Waals surface area contributed by atoms with E-state index in [0.717, 1.165) is 55.4 Å². The van der Waals surface area contributed by atoms with E-state index in [1.807, 2.05) is 6.07 Å². The van der Waals surface area contributed by atoms with E-state index in [1.165, 1.54) is 11.1 Å². The second kappa shape index (κ2) is 9.48. The summed E-state index contributed by atoms with van der Waals surface area (Å²) in [4.78, 5) is 15.9. The van der Waals surface area contributed by atoms with Gasteiger partial charge in [0.25, 0.3) is 0 Å². The summed E-state index contributed by atoms with van der Waals surface area (Å²) in [7, 11) is 0. The number of morpholine rings is 1. The van der Waals surface area contributed by atoms with Crippen LogP contribution < -0.4 is 5.32 Å². The standard InChI is InChI=1S/C23H27N3O2S/c1-18-2-5-21(6-3-18)29-17-23(27)24-20-4-7-22-19(16-20)8-9-26(22)11-10-25-12-14-28-15-13-25/h2-9,16H,10-15,17H2,1H3,(H,24,27). The number of amides is 1. The van der Waals surface area contributed by atoms with Crippen molar-refractivity contribution in [3.05, 3.63) is 60.3 Å². The van der Waals surface area contributed by atoms with E-state index in [2.05, 4.69) is 70.4 Å². The fraction of sp³-hybridized carbons (Fsp3) is 0.348. The molecule has 0 atom stereocenters. The van der Waals surface area contributed by atoms with Crippen molar-refractivity contribution in [2.45, 2.75) is 18.4 Å². The number of aromatic nitrogens is 1. The first-order chi connectivity index (χ1) is 14.2. The Labute approximate surface area is 176 Å². The van der Waals surface area contributed by atoms with E-state index in [0.29, 0.717) is 5.75 Å². The molecule has 2 heterocycles. The second-order valence-corrected chi connectivity index (χ2v) is 8.44. The monoisotopic (exact) mass is 409 g/mol. The molecule has 4 rings (SSSR count). The van der Waals surface area contributed by atoms with E-state index in [1.54, 1.807) is 11.8 Å². The summed E-state index contributed by atoms with van der Waals surface area (Å²) in [6, 6.07) is 16.5. The molecule has 1 N–H and O–H groups in total. The van der Waals surface area contributed by atoms with Crippen LogP contribution in [0.15, 0.2) is 59.6 Å². The highest BCUT2D eigenvalue weighted by atomic mass is 32.2. The van der Waals surface area contributed by atoms with Crippen molar-refractivity contribution in [2.24, 2.45) is 0 Å². The fourth-order valence-electron chi connectivity index (χ4n) is 3.53. The number of hydrogen-bond donors (Lipinski definition) is 1. The van der Waals surface area contributed by atoms with Gasteiger partial charge in [-0.15, -0.1) is 11.8 Å². The first-order valence-electron chi connectivity index (χ1n) is 10.1. The number of thioether (sulfide) groups is 1. The van der Waals surface area contributed by atoms with E-state index < -0.39 is 0 Å². The van der Waals surface area contributed by atoms with Gasteiger partial charge < -0.3 is 14.6 Å². The van der Waals surface area contributed by atoms with Gasteiger partial charge in [0.15, 0.2) is 0 Å². The van der Waals surface area contributed by atoms with Crippen molar-refractivity contribution in [2.75, 3.05) is 43.9 Å². The summed E-state index contributed by atoms with van der Waals surface area (Å²) in [6.07, 6.45) is 2.13. The number of carbonyl (C=O) groups is 1. The number of nitrogens with one attached hydrogen (secondary N) is 1. The summed E-state index contributed by atoms with van der Waals surface area (Å²) in [6.45, 7) is 7.73. The molecule has 1 saturated heterocycles. The van der Waals surface area contributed by atoms with Crippen LogP contribution in [0.25, 0.3) is 10.9 Å². The van der Waals surface area contributed by atoms with Crippen molar-refractivity contribution >= 4 is 34.3 Å². The van der Waals surface area contributed by atoms with Gasteiger partial charge in [0, 0.05) is 53.9 Å². The van der Waals surface area contributed by atoms with E-state index in [-0.39, 0.29) is 5.91 Å². The molecular weight excluding hydrogens is 382 g/mol. The summed E-state index contributed by atoms with van der Waals surface area (Å²) < 4.78 is 7.70. The average molecular weight is 410 g/mol. The Bertz CT molecular complexity index is 962. The molecule has 0 spiro atoms. The Morgan fingerprint density at radius 2 is 1.86 bits per heavy atom. The van der Waals surface area contributed by atoms with Gasteiger partial charge in [-0.25, -0.2) is 0 Å². The maximum atomic E-state index is 12.3. The van der Waals surface area contributed by atoms with Gasteiger partial charge in [-0.3, -0.25) is 9.69 Å². The average Bonchev–Trinajstić information content (AvgIpc) is 3.15. The number of nitrogens with zero attached hydrogens (tertiary/aromatic N) is 2. The molecule has 2 aromatic carbocycles. The predicted octanol–water partition coefficient (Wildman–Crippen LogP) is 4.01. The zero-order chi connectivity index (χ0) is 20.1. The molecule has 0 aliphatic carbocycles.